The van der Waals surface area contributed by atoms with E-state index in [0.29, 0.717) is 11.4 Å². The molecule has 1 aromatic rings. The van der Waals surface area contributed by atoms with Gasteiger partial charge in [0, 0.05) is 6.42 Å². The number of aromatic nitrogens is 2. The fourth-order valence-electron chi connectivity index (χ4n) is 2.91. The Morgan fingerprint density at radius 3 is 2.81 bits per heavy atom. The molecule has 1 amide bonds. The van der Waals surface area contributed by atoms with Crippen LogP contribution >= 0.6 is 0 Å². The molecule has 0 saturated carbocycles. The maximum Gasteiger partial charge on any atom is 0.326 e. The molecule has 1 aromatic heterocycles. The fourth-order valence-corrected chi connectivity index (χ4v) is 4.65. The van der Waals surface area contributed by atoms with Crippen molar-refractivity contribution in [1.82, 2.24) is 14.9 Å². The Morgan fingerprint density at radius 1 is 1.43 bits per heavy atom. The quantitative estimate of drug-likeness (QED) is 0.736. The minimum atomic E-state index is -3.18. The summed E-state index contributed by atoms with van der Waals surface area (Å²) in [7, 11) is -3.18. The van der Waals surface area contributed by atoms with Crippen molar-refractivity contribution in [2.24, 2.45) is 5.92 Å². The summed E-state index contributed by atoms with van der Waals surface area (Å²) >= 11 is 0. The number of H-pyrrole nitrogens is 1. The van der Waals surface area contributed by atoms with Crippen molar-refractivity contribution in [2.45, 2.75) is 25.4 Å². The van der Waals surface area contributed by atoms with E-state index in [4.69, 9.17) is 0 Å². The smallest absolute Gasteiger partial charge is 0.326 e. The van der Waals surface area contributed by atoms with Gasteiger partial charge in [-0.25, -0.2) is 18.2 Å². The van der Waals surface area contributed by atoms with Gasteiger partial charge in [0.15, 0.2) is 9.84 Å². The average molecular weight is 313 g/mol. The van der Waals surface area contributed by atoms with Crippen LogP contribution in [0.4, 0.5) is 0 Å². The van der Waals surface area contributed by atoms with E-state index in [0.717, 1.165) is 0 Å². The third-order valence-electron chi connectivity index (χ3n) is 4.05. The van der Waals surface area contributed by atoms with Crippen LogP contribution in [0.5, 0.6) is 0 Å². The summed E-state index contributed by atoms with van der Waals surface area (Å²) in [5.74, 6) is -2.34. The Hall–Kier alpha value is -1.90. The van der Waals surface area contributed by atoms with Gasteiger partial charge in [-0.15, -0.1) is 0 Å². The number of nitrogens with zero attached hydrogens (tertiary/aromatic N) is 2. The Labute approximate surface area is 121 Å². The zero-order chi connectivity index (χ0) is 15.2. The number of amides is 1. The van der Waals surface area contributed by atoms with Gasteiger partial charge in [0.05, 0.1) is 41.7 Å². The van der Waals surface area contributed by atoms with Crippen molar-refractivity contribution in [3.05, 3.63) is 17.7 Å². The molecule has 2 atom stereocenters. The van der Waals surface area contributed by atoms with Crippen LogP contribution in [-0.4, -0.2) is 57.8 Å². The van der Waals surface area contributed by atoms with Crippen molar-refractivity contribution < 1.29 is 23.1 Å². The van der Waals surface area contributed by atoms with E-state index < -0.39 is 33.7 Å². The third kappa shape index (κ3) is 2.53. The number of fused-ring (bicyclic) bond motifs is 1. The zero-order valence-corrected chi connectivity index (χ0v) is 12.0. The Balaban J connectivity index is 1.86. The van der Waals surface area contributed by atoms with Gasteiger partial charge < -0.3 is 15.0 Å². The number of imidazole rings is 1. The standard InChI is InChI=1S/C12H15N3O5S/c16-11(7-1-2-21(19,20)5-7)15-4-9-8(13-6-14-9)3-10(15)12(17)18/h6-7,10H,1-5H2,(H,13,14)(H,17,18). The van der Waals surface area contributed by atoms with Gasteiger partial charge in [-0.1, -0.05) is 0 Å². The SMILES string of the molecule is O=C(O)C1Cc2nc[nH]c2CN1C(=O)C1CCS(=O)(=O)C1. The van der Waals surface area contributed by atoms with E-state index in [9.17, 15) is 23.1 Å². The molecule has 3 heterocycles. The topological polar surface area (TPSA) is 120 Å². The van der Waals surface area contributed by atoms with Crippen molar-refractivity contribution in [3.63, 3.8) is 0 Å². The Bertz CT molecular complexity index is 696. The van der Waals surface area contributed by atoms with E-state index in [1.807, 2.05) is 0 Å². The van der Waals surface area contributed by atoms with Gasteiger partial charge in [-0.2, -0.15) is 0 Å². The molecular formula is C12H15N3O5S. The second-order valence-corrected chi connectivity index (χ2v) is 7.68. The second-order valence-electron chi connectivity index (χ2n) is 5.45. The predicted octanol–water partition coefficient (Wildman–Crippen LogP) is -0.818. The van der Waals surface area contributed by atoms with Crippen molar-refractivity contribution in [1.29, 1.82) is 0 Å². The number of hydrogen-bond donors (Lipinski definition) is 2. The lowest BCUT2D eigenvalue weighted by molar-refractivity contribution is -0.153. The normalized spacial score (nSPS) is 27.3. The summed E-state index contributed by atoms with van der Waals surface area (Å²) in [4.78, 5) is 32.1. The van der Waals surface area contributed by atoms with E-state index in [1.165, 1.54) is 11.2 Å². The highest BCUT2D eigenvalue weighted by molar-refractivity contribution is 7.91. The number of carboxylic acid groups (broad SMARTS) is 1. The minimum absolute atomic E-state index is 0.00963. The van der Waals surface area contributed by atoms with Crippen LogP contribution in [0, 0.1) is 5.92 Å². The van der Waals surface area contributed by atoms with Crippen molar-refractivity contribution >= 4 is 21.7 Å². The number of carboxylic acids is 1. The Morgan fingerprint density at radius 2 is 2.19 bits per heavy atom. The molecule has 2 unspecified atom stereocenters. The fraction of sp³-hybridized carbons (Fsp3) is 0.583. The monoisotopic (exact) mass is 313 g/mol. The molecule has 1 saturated heterocycles. The first-order valence-corrected chi connectivity index (χ1v) is 8.44. The first-order valence-electron chi connectivity index (χ1n) is 6.62. The van der Waals surface area contributed by atoms with Crippen molar-refractivity contribution in [2.75, 3.05) is 11.5 Å². The Kier molecular flexibility index (Phi) is 3.23. The molecule has 114 valence electrons. The van der Waals surface area contributed by atoms with Crippen molar-refractivity contribution in [3.8, 4) is 0 Å². The summed E-state index contributed by atoms with van der Waals surface area (Å²) in [5.41, 5.74) is 1.35. The summed E-state index contributed by atoms with van der Waals surface area (Å²) in [6, 6.07) is -0.989. The molecule has 2 N–H and O–H groups in total. The number of carbonyl (C=O) groups excluding carboxylic acids is 1. The largest absolute Gasteiger partial charge is 0.480 e. The van der Waals surface area contributed by atoms with Crippen LogP contribution in [0.2, 0.25) is 0 Å². The van der Waals surface area contributed by atoms with Gasteiger partial charge in [-0.3, -0.25) is 4.79 Å². The molecule has 2 aliphatic rings. The molecule has 0 spiro atoms. The molecular weight excluding hydrogens is 298 g/mol. The number of rotatable bonds is 2. The maximum absolute atomic E-state index is 12.5. The summed E-state index contributed by atoms with van der Waals surface area (Å²) in [5, 5.41) is 9.32. The number of hydrogen-bond acceptors (Lipinski definition) is 5. The maximum atomic E-state index is 12.5. The highest BCUT2D eigenvalue weighted by Gasteiger charge is 2.41. The first kappa shape index (κ1) is 14.1. The van der Waals surface area contributed by atoms with Gasteiger partial charge >= 0.3 is 5.97 Å². The van der Waals surface area contributed by atoms with Crippen LogP contribution in [0.25, 0.3) is 0 Å². The van der Waals surface area contributed by atoms with Crippen LogP contribution in [0.15, 0.2) is 6.33 Å². The van der Waals surface area contributed by atoms with Crippen LogP contribution < -0.4 is 0 Å². The van der Waals surface area contributed by atoms with E-state index in [-0.39, 0.29) is 30.9 Å². The zero-order valence-electron chi connectivity index (χ0n) is 11.2. The summed E-state index contributed by atoms with van der Waals surface area (Å²) in [6.07, 6.45) is 1.87. The molecule has 2 aliphatic heterocycles. The molecule has 3 rings (SSSR count). The highest BCUT2D eigenvalue weighted by Crippen LogP contribution is 2.27. The van der Waals surface area contributed by atoms with Gasteiger partial charge in [-0.05, 0) is 6.42 Å². The predicted molar refractivity (Wildman–Crippen MR) is 71.0 cm³/mol. The van der Waals surface area contributed by atoms with E-state index >= 15 is 0 Å². The number of sulfone groups is 1. The molecule has 0 radical (unpaired) electrons. The lowest BCUT2D eigenvalue weighted by Gasteiger charge is -2.33. The second kappa shape index (κ2) is 4.83. The molecule has 0 bridgehead atoms. The molecule has 1 fully saturated rings. The van der Waals surface area contributed by atoms with E-state index in [2.05, 4.69) is 9.97 Å². The van der Waals surface area contributed by atoms with Gasteiger partial charge in [0.25, 0.3) is 0 Å². The summed E-state index contributed by atoms with van der Waals surface area (Å²) in [6.45, 7) is 0.127. The first-order chi connectivity index (χ1) is 9.87. The molecule has 0 aromatic carbocycles. The minimum Gasteiger partial charge on any atom is -0.480 e. The lowest BCUT2D eigenvalue weighted by Crippen LogP contribution is -2.50. The number of aromatic amines is 1. The molecule has 8 nitrogen and oxygen atoms in total. The molecule has 9 heteroatoms. The van der Waals surface area contributed by atoms with Crippen LogP contribution in [0.3, 0.4) is 0 Å². The average Bonchev–Trinajstić information content (AvgIpc) is 3.01. The molecule has 21 heavy (non-hydrogen) atoms. The summed E-state index contributed by atoms with van der Waals surface area (Å²) < 4.78 is 23.0. The lowest BCUT2D eigenvalue weighted by atomic mass is 9.99. The third-order valence-corrected chi connectivity index (χ3v) is 5.82. The number of aliphatic carboxylic acids is 1. The van der Waals surface area contributed by atoms with Crippen LogP contribution in [0.1, 0.15) is 17.8 Å². The van der Waals surface area contributed by atoms with E-state index in [1.54, 1.807) is 0 Å². The highest BCUT2D eigenvalue weighted by atomic mass is 32.2. The van der Waals surface area contributed by atoms with Gasteiger partial charge in [0.1, 0.15) is 6.04 Å². The van der Waals surface area contributed by atoms with Crippen LogP contribution in [-0.2, 0) is 32.4 Å². The molecule has 0 aliphatic carbocycles. The van der Waals surface area contributed by atoms with Gasteiger partial charge in [0.2, 0.25) is 5.91 Å². The number of nitrogens with one attached hydrogen (secondary N) is 1. The number of carbonyl (C=O) groups is 2.